The Labute approximate surface area is 169 Å². The SMILES string of the molecule is COc1cc(C#N)ccc1OCC(=O)N1c2ccccc2NC(=O)CC1C(F)(F)F. The van der Waals surface area contributed by atoms with Gasteiger partial charge in [-0.15, -0.1) is 0 Å². The van der Waals surface area contributed by atoms with Crippen molar-refractivity contribution in [2.75, 3.05) is 23.9 Å². The van der Waals surface area contributed by atoms with Gasteiger partial charge in [-0.3, -0.25) is 14.5 Å². The molecule has 2 amide bonds. The number of ether oxygens (including phenoxy) is 2. The molecule has 2 aromatic rings. The zero-order chi connectivity index (χ0) is 21.9. The number of fused-ring (bicyclic) bond motifs is 1. The zero-order valence-electron chi connectivity index (χ0n) is 15.7. The predicted octanol–water partition coefficient (Wildman–Crippen LogP) is 3.25. The summed E-state index contributed by atoms with van der Waals surface area (Å²) in [7, 11) is 1.33. The van der Waals surface area contributed by atoms with Gasteiger partial charge in [0.1, 0.15) is 6.04 Å². The van der Waals surface area contributed by atoms with Crippen LogP contribution in [0, 0.1) is 11.3 Å². The summed E-state index contributed by atoms with van der Waals surface area (Å²) in [4.78, 5) is 25.3. The first-order chi connectivity index (χ1) is 14.2. The first kappa shape index (κ1) is 21.0. The molecule has 0 aromatic heterocycles. The largest absolute Gasteiger partial charge is 0.493 e. The Bertz CT molecular complexity index is 1020. The number of carbonyl (C=O) groups is 2. The molecule has 0 spiro atoms. The summed E-state index contributed by atoms with van der Waals surface area (Å²) in [5.74, 6) is -1.60. The van der Waals surface area contributed by atoms with Gasteiger partial charge in [0.15, 0.2) is 18.1 Å². The average molecular weight is 419 g/mol. The summed E-state index contributed by atoms with van der Waals surface area (Å²) < 4.78 is 51.6. The molecule has 1 heterocycles. The van der Waals surface area contributed by atoms with Crippen LogP contribution < -0.4 is 19.7 Å². The first-order valence-corrected chi connectivity index (χ1v) is 8.73. The van der Waals surface area contributed by atoms with E-state index in [1.54, 1.807) is 0 Å². The molecule has 1 aliphatic heterocycles. The Balaban J connectivity index is 1.92. The number of carbonyl (C=O) groups excluding carboxylic acids is 2. The number of rotatable bonds is 4. The lowest BCUT2D eigenvalue weighted by atomic mass is 10.1. The molecule has 0 radical (unpaired) electrons. The molecule has 1 atom stereocenters. The molecule has 0 saturated carbocycles. The van der Waals surface area contributed by atoms with E-state index in [1.807, 2.05) is 6.07 Å². The van der Waals surface area contributed by atoms with E-state index in [2.05, 4.69) is 5.32 Å². The van der Waals surface area contributed by atoms with Crippen molar-refractivity contribution in [3.8, 4) is 17.6 Å². The van der Waals surface area contributed by atoms with Gasteiger partial charge in [-0.25, -0.2) is 0 Å². The van der Waals surface area contributed by atoms with E-state index in [0.717, 1.165) is 0 Å². The highest BCUT2D eigenvalue weighted by Gasteiger charge is 2.49. The van der Waals surface area contributed by atoms with Gasteiger partial charge in [0.2, 0.25) is 5.91 Å². The fourth-order valence-corrected chi connectivity index (χ4v) is 3.06. The molecular weight excluding hydrogens is 403 g/mol. The summed E-state index contributed by atoms with van der Waals surface area (Å²) in [5, 5.41) is 11.3. The molecule has 0 fully saturated rings. The van der Waals surface area contributed by atoms with Crippen molar-refractivity contribution in [3.05, 3.63) is 48.0 Å². The van der Waals surface area contributed by atoms with Crippen LogP contribution in [0.2, 0.25) is 0 Å². The summed E-state index contributed by atoms with van der Waals surface area (Å²) >= 11 is 0. The fourth-order valence-electron chi connectivity index (χ4n) is 3.06. The molecule has 1 aliphatic rings. The topological polar surface area (TPSA) is 91.7 Å². The van der Waals surface area contributed by atoms with Crippen LogP contribution in [0.3, 0.4) is 0 Å². The number of methoxy groups -OCH3 is 1. The molecule has 30 heavy (non-hydrogen) atoms. The molecule has 1 N–H and O–H groups in total. The second-order valence-electron chi connectivity index (χ2n) is 6.36. The summed E-state index contributed by atoms with van der Waals surface area (Å²) in [6.45, 7) is -0.739. The summed E-state index contributed by atoms with van der Waals surface area (Å²) in [6.07, 6.45) is -5.78. The third kappa shape index (κ3) is 4.30. The van der Waals surface area contributed by atoms with Crippen molar-refractivity contribution in [2.45, 2.75) is 18.6 Å². The number of nitrogens with zero attached hydrogens (tertiary/aromatic N) is 2. The van der Waals surface area contributed by atoms with Gasteiger partial charge in [-0.2, -0.15) is 18.4 Å². The van der Waals surface area contributed by atoms with Gasteiger partial charge in [-0.05, 0) is 24.3 Å². The number of hydrogen-bond donors (Lipinski definition) is 1. The van der Waals surface area contributed by atoms with Gasteiger partial charge in [-0.1, -0.05) is 12.1 Å². The molecule has 7 nitrogen and oxygen atoms in total. The minimum Gasteiger partial charge on any atom is -0.493 e. The third-order valence-corrected chi connectivity index (χ3v) is 4.42. The van der Waals surface area contributed by atoms with Gasteiger partial charge >= 0.3 is 6.18 Å². The van der Waals surface area contributed by atoms with E-state index in [4.69, 9.17) is 14.7 Å². The monoisotopic (exact) mass is 419 g/mol. The third-order valence-electron chi connectivity index (χ3n) is 4.42. The second-order valence-corrected chi connectivity index (χ2v) is 6.36. The van der Waals surface area contributed by atoms with E-state index in [-0.39, 0.29) is 28.4 Å². The molecule has 0 bridgehead atoms. The maximum atomic E-state index is 13.7. The van der Waals surface area contributed by atoms with Crippen LogP contribution in [0.15, 0.2) is 42.5 Å². The van der Waals surface area contributed by atoms with Crippen LogP contribution in [0.5, 0.6) is 11.5 Å². The van der Waals surface area contributed by atoms with E-state index in [1.165, 1.54) is 49.6 Å². The van der Waals surface area contributed by atoms with Gasteiger partial charge in [0, 0.05) is 6.07 Å². The average Bonchev–Trinajstić information content (AvgIpc) is 2.87. The van der Waals surface area contributed by atoms with Crippen LogP contribution >= 0.6 is 0 Å². The van der Waals surface area contributed by atoms with E-state index < -0.39 is 37.1 Å². The number of nitriles is 1. The Morgan fingerprint density at radius 2 is 2.00 bits per heavy atom. The molecule has 0 saturated heterocycles. The highest BCUT2D eigenvalue weighted by molar-refractivity contribution is 6.05. The van der Waals surface area contributed by atoms with Gasteiger partial charge < -0.3 is 14.8 Å². The van der Waals surface area contributed by atoms with Crippen molar-refractivity contribution in [3.63, 3.8) is 0 Å². The Hall–Kier alpha value is -3.74. The zero-order valence-corrected chi connectivity index (χ0v) is 15.7. The molecule has 156 valence electrons. The normalized spacial score (nSPS) is 16.0. The lowest BCUT2D eigenvalue weighted by molar-refractivity contribution is -0.158. The number of anilines is 2. The van der Waals surface area contributed by atoms with Crippen molar-refractivity contribution >= 4 is 23.2 Å². The lowest BCUT2D eigenvalue weighted by Gasteiger charge is -2.31. The highest BCUT2D eigenvalue weighted by atomic mass is 19.4. The quantitative estimate of drug-likeness (QED) is 0.822. The Kier molecular flexibility index (Phi) is 5.82. The van der Waals surface area contributed by atoms with E-state index in [0.29, 0.717) is 4.90 Å². The smallest absolute Gasteiger partial charge is 0.409 e. The van der Waals surface area contributed by atoms with Crippen molar-refractivity contribution < 1.29 is 32.2 Å². The summed E-state index contributed by atoms with van der Waals surface area (Å²) in [6, 6.07) is 9.48. The van der Waals surface area contributed by atoms with Gasteiger partial charge in [0.25, 0.3) is 5.91 Å². The maximum absolute atomic E-state index is 13.7. The Morgan fingerprint density at radius 3 is 2.67 bits per heavy atom. The number of alkyl halides is 3. The second kappa shape index (κ2) is 8.32. The number of amides is 2. The molecule has 1 unspecified atom stereocenters. The predicted molar refractivity (Wildman–Crippen MR) is 100 cm³/mol. The number of hydrogen-bond acceptors (Lipinski definition) is 5. The molecule has 0 aliphatic carbocycles. The van der Waals surface area contributed by atoms with Crippen LogP contribution in [0.25, 0.3) is 0 Å². The summed E-state index contributed by atoms with van der Waals surface area (Å²) in [5.41, 5.74) is 0.304. The van der Waals surface area contributed by atoms with Crippen LogP contribution in [-0.4, -0.2) is 37.7 Å². The van der Waals surface area contributed by atoms with Crippen LogP contribution in [-0.2, 0) is 9.59 Å². The lowest BCUT2D eigenvalue weighted by Crippen LogP contribution is -2.51. The standard InChI is InChI=1S/C20H16F3N3O4/c1-29-16-8-12(10-24)6-7-15(16)30-11-19(28)26-14-5-3-2-4-13(14)25-18(27)9-17(26)20(21,22)23/h2-8,17H,9,11H2,1H3,(H,25,27). The minimum atomic E-state index is -4.84. The van der Waals surface area contributed by atoms with Crippen LogP contribution in [0.4, 0.5) is 24.5 Å². The first-order valence-electron chi connectivity index (χ1n) is 8.73. The number of para-hydroxylation sites is 2. The van der Waals surface area contributed by atoms with Crippen LogP contribution in [0.1, 0.15) is 12.0 Å². The molecular formula is C20H16F3N3O4. The van der Waals surface area contributed by atoms with Crippen molar-refractivity contribution in [1.82, 2.24) is 0 Å². The fraction of sp³-hybridized carbons (Fsp3) is 0.250. The van der Waals surface area contributed by atoms with Gasteiger partial charge in [0.05, 0.1) is 36.5 Å². The number of nitrogens with one attached hydrogen (secondary N) is 1. The molecule has 3 rings (SSSR count). The van der Waals surface area contributed by atoms with Crippen molar-refractivity contribution in [2.24, 2.45) is 0 Å². The number of halogens is 3. The van der Waals surface area contributed by atoms with E-state index in [9.17, 15) is 22.8 Å². The van der Waals surface area contributed by atoms with Crippen molar-refractivity contribution in [1.29, 1.82) is 5.26 Å². The maximum Gasteiger partial charge on any atom is 0.409 e. The molecule has 2 aromatic carbocycles. The molecule has 10 heteroatoms. The minimum absolute atomic E-state index is 0.0777. The number of benzene rings is 2. The Morgan fingerprint density at radius 1 is 1.27 bits per heavy atom. The van der Waals surface area contributed by atoms with E-state index >= 15 is 0 Å². The highest BCUT2D eigenvalue weighted by Crippen LogP contribution is 2.38.